The Labute approximate surface area is 208 Å². The van der Waals surface area contributed by atoms with Crippen LogP contribution in [0.25, 0.3) is 10.8 Å². The lowest BCUT2D eigenvalue weighted by Gasteiger charge is -2.20. The fraction of sp³-hybridized carbons (Fsp3) is 0.280. The molecule has 0 heterocycles. The van der Waals surface area contributed by atoms with Crippen LogP contribution in [0.3, 0.4) is 0 Å². The molecule has 0 saturated heterocycles. The molecule has 3 aromatic rings. The Balaban J connectivity index is 2.09. The molecule has 36 heavy (non-hydrogen) atoms. The molecule has 0 aliphatic heterocycles. The van der Waals surface area contributed by atoms with Crippen LogP contribution in [0, 0.1) is 12.8 Å². The number of nitrogens with one attached hydrogen (secondary N) is 1. The minimum absolute atomic E-state index is 0.0152. The summed E-state index contributed by atoms with van der Waals surface area (Å²) in [6, 6.07) is 11.6. The van der Waals surface area contributed by atoms with Gasteiger partial charge in [-0.3, -0.25) is 14.1 Å². The number of carbonyl (C=O) groups excluding carboxylic acids is 1. The third-order valence-electron chi connectivity index (χ3n) is 5.78. The van der Waals surface area contributed by atoms with E-state index < -0.39 is 44.6 Å². The number of aliphatic carboxylic acids is 1. The number of benzene rings is 3. The minimum atomic E-state index is -4.67. The van der Waals surface area contributed by atoms with E-state index in [0.717, 1.165) is 17.7 Å². The minimum Gasteiger partial charge on any atom is -0.505 e. The van der Waals surface area contributed by atoms with Crippen LogP contribution in [0.1, 0.15) is 42.6 Å². The van der Waals surface area contributed by atoms with Crippen LogP contribution < -0.4 is 5.32 Å². The number of carbonyl (C=O) groups is 2. The van der Waals surface area contributed by atoms with Gasteiger partial charge in [0.25, 0.3) is 16.0 Å². The second-order valence-electron chi connectivity index (χ2n) is 8.57. The lowest BCUT2D eigenvalue weighted by molar-refractivity contribution is -0.141. The van der Waals surface area contributed by atoms with Crippen LogP contribution in [-0.2, 0) is 14.9 Å². The Morgan fingerprint density at radius 2 is 1.72 bits per heavy atom. The maximum atomic E-state index is 13.2. The molecule has 4 N–H and O–H groups in total. The van der Waals surface area contributed by atoms with Gasteiger partial charge in [-0.25, -0.2) is 0 Å². The molecule has 0 bridgehead atoms. The Kier molecular flexibility index (Phi) is 8.06. The molecule has 1 amide bonds. The maximum absolute atomic E-state index is 13.2. The van der Waals surface area contributed by atoms with Crippen LogP contribution in [0.15, 0.2) is 63.7 Å². The summed E-state index contributed by atoms with van der Waals surface area (Å²) in [5.74, 6) is -2.87. The molecule has 0 aliphatic carbocycles. The fourth-order valence-corrected chi connectivity index (χ4v) is 4.20. The summed E-state index contributed by atoms with van der Waals surface area (Å²) in [5.41, 5.74) is 1.41. The maximum Gasteiger partial charge on any atom is 0.306 e. The number of hydrogen-bond donors (Lipinski definition) is 4. The standard InChI is InChI=1S/C25H27N3O7S/c1-4-17(11-15(3)25(31)32)26-24(30)20-13-19(36(33,34)35)12-16-7-10-21(23(29)22(16)20)28-27-18-8-5-14(2)6-9-18/h5-10,12-13,15,17,29H,4,11H2,1-3H3,(H,26,30)(H,31,32)(H,33,34,35). The van der Waals surface area contributed by atoms with Gasteiger partial charge in [0.15, 0.2) is 5.75 Å². The number of phenols is 1. The molecule has 2 unspecified atom stereocenters. The molecule has 0 aromatic heterocycles. The molecule has 3 rings (SSSR count). The largest absolute Gasteiger partial charge is 0.505 e. The van der Waals surface area contributed by atoms with Gasteiger partial charge in [-0.1, -0.05) is 37.6 Å². The zero-order valence-electron chi connectivity index (χ0n) is 20.0. The van der Waals surface area contributed by atoms with Gasteiger partial charge >= 0.3 is 5.97 Å². The monoisotopic (exact) mass is 513 g/mol. The summed E-state index contributed by atoms with van der Waals surface area (Å²) in [5, 5.41) is 31.2. The number of hydrogen-bond acceptors (Lipinski definition) is 7. The first-order valence-corrected chi connectivity index (χ1v) is 12.6. The molecule has 190 valence electrons. The van der Waals surface area contributed by atoms with Crippen LogP contribution in [0.2, 0.25) is 0 Å². The highest BCUT2D eigenvalue weighted by Crippen LogP contribution is 2.39. The molecule has 10 nitrogen and oxygen atoms in total. The first-order valence-electron chi connectivity index (χ1n) is 11.2. The number of azo groups is 1. The van der Waals surface area contributed by atoms with Crippen molar-refractivity contribution in [2.45, 2.75) is 44.6 Å². The van der Waals surface area contributed by atoms with Gasteiger partial charge in [0.2, 0.25) is 0 Å². The zero-order chi connectivity index (χ0) is 26.6. The summed E-state index contributed by atoms with van der Waals surface area (Å²) in [6.45, 7) is 5.21. The smallest absolute Gasteiger partial charge is 0.306 e. The van der Waals surface area contributed by atoms with Crippen molar-refractivity contribution >= 4 is 44.1 Å². The van der Waals surface area contributed by atoms with Crippen molar-refractivity contribution in [3.8, 4) is 5.75 Å². The van der Waals surface area contributed by atoms with E-state index in [9.17, 15) is 32.8 Å². The fourth-order valence-electron chi connectivity index (χ4n) is 3.66. The van der Waals surface area contributed by atoms with Crippen molar-refractivity contribution in [3.63, 3.8) is 0 Å². The molecule has 0 radical (unpaired) electrons. The van der Waals surface area contributed by atoms with Gasteiger partial charge in [-0.05, 0) is 55.5 Å². The van der Waals surface area contributed by atoms with E-state index in [0.29, 0.717) is 12.1 Å². The number of nitrogens with zero attached hydrogens (tertiary/aromatic N) is 2. The number of carboxylic acids is 1. The lowest BCUT2D eigenvalue weighted by atomic mass is 9.98. The van der Waals surface area contributed by atoms with E-state index in [1.807, 2.05) is 19.1 Å². The van der Waals surface area contributed by atoms with Crippen molar-refractivity contribution < 1.29 is 32.8 Å². The Hall–Kier alpha value is -3.83. The summed E-state index contributed by atoms with van der Waals surface area (Å²) in [7, 11) is -4.67. The number of aryl methyl sites for hydroxylation is 1. The lowest BCUT2D eigenvalue weighted by Crippen LogP contribution is -2.36. The van der Waals surface area contributed by atoms with Crippen LogP contribution >= 0.6 is 0 Å². The number of aromatic hydroxyl groups is 1. The van der Waals surface area contributed by atoms with E-state index in [1.54, 1.807) is 19.1 Å². The summed E-state index contributed by atoms with van der Waals surface area (Å²) in [4.78, 5) is 23.9. The SMILES string of the molecule is CCC(CC(C)C(=O)O)NC(=O)c1cc(S(=O)(=O)O)cc2ccc(N=Nc3ccc(C)cc3)c(O)c12. The van der Waals surface area contributed by atoms with E-state index in [1.165, 1.54) is 19.1 Å². The Bertz CT molecular complexity index is 1430. The van der Waals surface area contributed by atoms with Crippen molar-refractivity contribution in [2.75, 3.05) is 0 Å². The molecule has 0 aliphatic rings. The van der Waals surface area contributed by atoms with E-state index in [4.69, 9.17) is 0 Å². The predicted molar refractivity (Wildman–Crippen MR) is 134 cm³/mol. The summed E-state index contributed by atoms with van der Waals surface area (Å²) >= 11 is 0. The quantitative estimate of drug-likeness (QED) is 0.227. The molecule has 0 saturated carbocycles. The number of phenolic OH excluding ortho intramolecular Hbond substituents is 1. The zero-order valence-corrected chi connectivity index (χ0v) is 20.8. The van der Waals surface area contributed by atoms with Crippen molar-refractivity contribution in [1.82, 2.24) is 5.32 Å². The normalized spacial score (nSPS) is 13.6. The van der Waals surface area contributed by atoms with Gasteiger partial charge in [-0.15, -0.1) is 5.11 Å². The van der Waals surface area contributed by atoms with Crippen LogP contribution in [0.4, 0.5) is 11.4 Å². The first-order chi connectivity index (χ1) is 16.9. The summed E-state index contributed by atoms with van der Waals surface area (Å²) in [6.07, 6.45) is 0.566. The first kappa shape index (κ1) is 26.8. The second kappa shape index (κ2) is 10.8. The molecule has 0 fully saturated rings. The highest BCUT2D eigenvalue weighted by atomic mass is 32.2. The van der Waals surface area contributed by atoms with Crippen LogP contribution in [-0.4, -0.2) is 41.1 Å². The van der Waals surface area contributed by atoms with Crippen molar-refractivity contribution in [3.05, 3.63) is 59.7 Å². The van der Waals surface area contributed by atoms with Gasteiger partial charge in [0, 0.05) is 11.4 Å². The van der Waals surface area contributed by atoms with Gasteiger partial charge in [-0.2, -0.15) is 13.5 Å². The molecular weight excluding hydrogens is 486 g/mol. The summed E-state index contributed by atoms with van der Waals surface area (Å²) < 4.78 is 33.3. The third-order valence-corrected chi connectivity index (χ3v) is 6.61. The third kappa shape index (κ3) is 6.23. The van der Waals surface area contributed by atoms with E-state index >= 15 is 0 Å². The number of rotatable bonds is 9. The highest BCUT2D eigenvalue weighted by molar-refractivity contribution is 7.85. The molecule has 3 aromatic carbocycles. The van der Waals surface area contributed by atoms with E-state index in [2.05, 4.69) is 15.5 Å². The van der Waals surface area contributed by atoms with Crippen molar-refractivity contribution in [1.29, 1.82) is 0 Å². The molecular formula is C25H27N3O7S. The van der Waals surface area contributed by atoms with E-state index in [-0.39, 0.29) is 28.4 Å². The second-order valence-corrected chi connectivity index (χ2v) is 9.99. The van der Waals surface area contributed by atoms with Crippen molar-refractivity contribution in [2.24, 2.45) is 16.1 Å². The Morgan fingerprint density at radius 3 is 2.31 bits per heavy atom. The van der Waals surface area contributed by atoms with Crippen LogP contribution in [0.5, 0.6) is 5.75 Å². The number of carboxylic acid groups (broad SMARTS) is 1. The van der Waals surface area contributed by atoms with Gasteiger partial charge < -0.3 is 15.5 Å². The van der Waals surface area contributed by atoms with Gasteiger partial charge in [0.05, 0.1) is 22.1 Å². The topological polar surface area (TPSA) is 166 Å². The molecule has 11 heteroatoms. The average molecular weight is 514 g/mol. The average Bonchev–Trinajstić information content (AvgIpc) is 2.82. The number of amides is 1. The highest BCUT2D eigenvalue weighted by Gasteiger charge is 2.24. The van der Waals surface area contributed by atoms with Gasteiger partial charge in [0.1, 0.15) is 5.69 Å². The Morgan fingerprint density at radius 1 is 1.06 bits per heavy atom. The predicted octanol–water partition coefficient (Wildman–Crippen LogP) is 5.14. The molecule has 0 spiro atoms. The molecule has 2 atom stereocenters. The number of fused-ring (bicyclic) bond motifs is 1.